The smallest absolute Gasteiger partial charge is 0.338 e. The maximum atomic E-state index is 12.5. The normalized spacial score (nSPS) is 13.9. The van der Waals surface area contributed by atoms with Crippen molar-refractivity contribution in [3.63, 3.8) is 0 Å². The van der Waals surface area contributed by atoms with Crippen LogP contribution in [0.25, 0.3) is 21.9 Å². The molecule has 0 atom stereocenters. The highest BCUT2D eigenvalue weighted by Crippen LogP contribution is 2.54. The van der Waals surface area contributed by atoms with Gasteiger partial charge in [0.05, 0.1) is 31.4 Å². The predicted molar refractivity (Wildman–Crippen MR) is 112 cm³/mol. The van der Waals surface area contributed by atoms with Crippen molar-refractivity contribution in [3.05, 3.63) is 39.9 Å². The van der Waals surface area contributed by atoms with E-state index in [2.05, 4.69) is 15.9 Å². The van der Waals surface area contributed by atoms with E-state index in [0.717, 1.165) is 27.5 Å². The molecule has 0 amide bonds. The fraction of sp³-hybridized carbons (Fsp3) is 0.227. The van der Waals surface area contributed by atoms with Crippen molar-refractivity contribution in [1.29, 1.82) is 0 Å². The molecule has 0 aromatic heterocycles. The van der Waals surface area contributed by atoms with Crippen LogP contribution in [0.1, 0.15) is 15.9 Å². The molecule has 0 fully saturated rings. The van der Waals surface area contributed by atoms with Gasteiger partial charge in [0, 0.05) is 21.9 Å². The lowest BCUT2D eigenvalue weighted by Gasteiger charge is -2.20. The number of cyclic esters (lactones) is 1. The molecule has 0 bridgehead atoms. The van der Waals surface area contributed by atoms with E-state index < -0.39 is 0 Å². The summed E-state index contributed by atoms with van der Waals surface area (Å²) in [4.78, 5) is 12.5. The molecule has 0 unspecified atom stereocenters. The molecule has 8 heteroatoms. The number of hydrogen-bond donors (Lipinski definition) is 0. The fourth-order valence-corrected chi connectivity index (χ4v) is 4.71. The second-order valence-corrected chi connectivity index (χ2v) is 7.55. The van der Waals surface area contributed by atoms with Gasteiger partial charge in [-0.15, -0.1) is 0 Å². The summed E-state index contributed by atoms with van der Waals surface area (Å²) in [5, 5.41) is 1.52. The van der Waals surface area contributed by atoms with Gasteiger partial charge in [0.15, 0.2) is 23.0 Å². The number of halogens is 1. The minimum atomic E-state index is -0.366. The summed E-state index contributed by atoms with van der Waals surface area (Å²) < 4.78 is 34.0. The first-order chi connectivity index (χ1) is 14.6. The van der Waals surface area contributed by atoms with Crippen molar-refractivity contribution in [3.8, 4) is 39.9 Å². The summed E-state index contributed by atoms with van der Waals surface area (Å²) in [7, 11) is 4.68. The number of hydrogen-bond acceptors (Lipinski definition) is 7. The SMILES string of the molecule is COc1c(OC)c(OC)c2c(-c3ccc4c(c3)OCO4)c3c(cc2c1Br)C(=O)OC3. The Morgan fingerprint density at radius 3 is 2.37 bits per heavy atom. The van der Waals surface area contributed by atoms with Gasteiger partial charge in [-0.3, -0.25) is 0 Å². The number of benzene rings is 3. The van der Waals surface area contributed by atoms with Crippen LogP contribution >= 0.6 is 15.9 Å². The average Bonchev–Trinajstić information content (AvgIpc) is 3.38. The third kappa shape index (κ3) is 2.53. The van der Waals surface area contributed by atoms with Gasteiger partial charge in [-0.2, -0.15) is 0 Å². The molecule has 3 aromatic carbocycles. The molecule has 7 nitrogen and oxygen atoms in total. The molecular weight excluding hydrogens is 456 g/mol. The molecule has 2 heterocycles. The molecular formula is C22H17BrO7. The summed E-state index contributed by atoms with van der Waals surface area (Å²) >= 11 is 3.62. The Labute approximate surface area is 180 Å². The van der Waals surface area contributed by atoms with Crippen molar-refractivity contribution >= 4 is 32.7 Å². The molecule has 0 radical (unpaired) electrons. The molecule has 0 saturated carbocycles. The van der Waals surface area contributed by atoms with Crippen LogP contribution in [-0.4, -0.2) is 34.1 Å². The molecule has 3 aromatic rings. The average molecular weight is 473 g/mol. The molecule has 2 aliphatic rings. The van der Waals surface area contributed by atoms with E-state index >= 15 is 0 Å². The molecule has 154 valence electrons. The topological polar surface area (TPSA) is 72.5 Å². The number of carbonyl (C=O) groups excluding carboxylic acids is 1. The quantitative estimate of drug-likeness (QED) is 0.509. The highest BCUT2D eigenvalue weighted by atomic mass is 79.9. The zero-order valence-electron chi connectivity index (χ0n) is 16.5. The van der Waals surface area contributed by atoms with Crippen molar-refractivity contribution < 1.29 is 33.2 Å². The Hall–Kier alpha value is -3.13. The summed E-state index contributed by atoms with van der Waals surface area (Å²) in [6.07, 6.45) is 0. The zero-order chi connectivity index (χ0) is 21.0. The molecule has 2 aliphatic heterocycles. The predicted octanol–water partition coefficient (Wildman–Crippen LogP) is 4.69. The van der Waals surface area contributed by atoms with Gasteiger partial charge in [-0.25, -0.2) is 4.79 Å². The van der Waals surface area contributed by atoms with Gasteiger partial charge < -0.3 is 28.4 Å². The van der Waals surface area contributed by atoms with E-state index in [9.17, 15) is 4.79 Å². The second kappa shape index (κ2) is 6.98. The standard InChI is InChI=1S/C22H17BrO7/c1-25-19-17-12(18(23)20(26-2)21(19)27-3)7-11-13(8-28-22(11)24)16(17)10-4-5-14-15(6-10)30-9-29-14/h4-7H,8-9H2,1-3H3. The summed E-state index contributed by atoms with van der Waals surface area (Å²) in [5.74, 6) is 2.38. The lowest BCUT2D eigenvalue weighted by Crippen LogP contribution is -2.01. The van der Waals surface area contributed by atoms with E-state index in [0.29, 0.717) is 38.8 Å². The monoisotopic (exact) mass is 472 g/mol. The maximum Gasteiger partial charge on any atom is 0.338 e. The van der Waals surface area contributed by atoms with E-state index in [1.54, 1.807) is 27.4 Å². The van der Waals surface area contributed by atoms with Gasteiger partial charge in [-0.1, -0.05) is 6.07 Å². The summed E-state index contributed by atoms with van der Waals surface area (Å²) in [6, 6.07) is 7.47. The van der Waals surface area contributed by atoms with Gasteiger partial charge in [0.2, 0.25) is 12.5 Å². The minimum Gasteiger partial charge on any atom is -0.492 e. The molecule has 0 saturated heterocycles. The van der Waals surface area contributed by atoms with Crippen LogP contribution in [0.5, 0.6) is 28.7 Å². The number of methoxy groups -OCH3 is 3. The first-order valence-corrected chi connectivity index (χ1v) is 9.92. The first kappa shape index (κ1) is 18.9. The van der Waals surface area contributed by atoms with Crippen LogP contribution < -0.4 is 23.7 Å². The number of ether oxygens (including phenoxy) is 6. The number of fused-ring (bicyclic) bond motifs is 3. The van der Waals surface area contributed by atoms with Crippen LogP contribution in [0.2, 0.25) is 0 Å². The molecule has 0 spiro atoms. The first-order valence-electron chi connectivity index (χ1n) is 9.13. The highest BCUT2D eigenvalue weighted by Gasteiger charge is 2.32. The molecule has 5 rings (SSSR count). The Bertz CT molecular complexity index is 1220. The maximum absolute atomic E-state index is 12.5. The van der Waals surface area contributed by atoms with Gasteiger partial charge in [0.25, 0.3) is 0 Å². The van der Waals surface area contributed by atoms with Crippen LogP contribution in [0.4, 0.5) is 0 Å². The van der Waals surface area contributed by atoms with E-state index in [-0.39, 0.29) is 19.4 Å². The number of carbonyl (C=O) groups is 1. The van der Waals surface area contributed by atoms with Gasteiger partial charge in [-0.05, 0) is 39.7 Å². The number of esters is 1. The zero-order valence-corrected chi connectivity index (χ0v) is 18.0. The summed E-state index contributed by atoms with van der Waals surface area (Å²) in [6.45, 7) is 0.344. The van der Waals surface area contributed by atoms with E-state index in [4.69, 9.17) is 28.4 Å². The molecule has 0 aliphatic carbocycles. The lowest BCUT2D eigenvalue weighted by atomic mass is 9.89. The van der Waals surface area contributed by atoms with E-state index in [1.165, 1.54) is 0 Å². The third-order valence-electron chi connectivity index (χ3n) is 5.35. The van der Waals surface area contributed by atoms with Crippen LogP contribution in [0.15, 0.2) is 28.7 Å². The minimum absolute atomic E-state index is 0.170. The fourth-order valence-electron chi connectivity index (χ4n) is 4.05. The lowest BCUT2D eigenvalue weighted by molar-refractivity contribution is 0.0535. The largest absolute Gasteiger partial charge is 0.492 e. The third-order valence-corrected chi connectivity index (χ3v) is 6.14. The van der Waals surface area contributed by atoms with Crippen molar-refractivity contribution in [2.45, 2.75) is 6.61 Å². The summed E-state index contributed by atoms with van der Waals surface area (Å²) in [5.41, 5.74) is 2.94. The Kier molecular flexibility index (Phi) is 4.39. The Morgan fingerprint density at radius 2 is 1.63 bits per heavy atom. The Balaban J connectivity index is 1.96. The van der Waals surface area contributed by atoms with Gasteiger partial charge >= 0.3 is 5.97 Å². The molecule has 0 N–H and O–H groups in total. The Morgan fingerprint density at radius 1 is 0.900 bits per heavy atom. The second-order valence-electron chi connectivity index (χ2n) is 6.76. The van der Waals surface area contributed by atoms with Crippen molar-refractivity contribution in [2.24, 2.45) is 0 Å². The highest BCUT2D eigenvalue weighted by molar-refractivity contribution is 9.10. The van der Waals surface area contributed by atoms with E-state index in [1.807, 2.05) is 18.2 Å². The van der Waals surface area contributed by atoms with Crippen LogP contribution in [0.3, 0.4) is 0 Å². The van der Waals surface area contributed by atoms with Crippen molar-refractivity contribution in [2.75, 3.05) is 28.1 Å². The number of rotatable bonds is 4. The van der Waals surface area contributed by atoms with Crippen molar-refractivity contribution in [1.82, 2.24) is 0 Å². The van der Waals surface area contributed by atoms with Gasteiger partial charge in [0.1, 0.15) is 6.61 Å². The molecule has 30 heavy (non-hydrogen) atoms. The van der Waals surface area contributed by atoms with Crippen LogP contribution in [0, 0.1) is 0 Å². The van der Waals surface area contributed by atoms with Crippen LogP contribution in [-0.2, 0) is 11.3 Å².